The third kappa shape index (κ3) is 9.40. The molecule has 0 bridgehead atoms. The van der Waals surface area contributed by atoms with Crippen molar-refractivity contribution in [3.8, 4) is 20.2 Å². The van der Waals surface area contributed by atoms with E-state index >= 15 is 0 Å². The summed E-state index contributed by atoms with van der Waals surface area (Å²) in [6.45, 7) is 9.42. The molecule has 1 aromatic carbocycles. The SMILES string of the molecule is CCCCCCCC(CCCCC)CC1(CC(CCCCC)CCCCCCC)c2ccsc2-c2sc(-c3cccc4nsnc34)cc21. The Hall–Kier alpha value is -1.56. The highest BCUT2D eigenvalue weighted by Crippen LogP contribution is 2.61. The van der Waals surface area contributed by atoms with Gasteiger partial charge in [-0.1, -0.05) is 168 Å². The van der Waals surface area contributed by atoms with Crippen LogP contribution in [0, 0.1) is 11.8 Å². The highest BCUT2D eigenvalue weighted by molar-refractivity contribution is 7.24. The van der Waals surface area contributed by atoms with Gasteiger partial charge in [0.2, 0.25) is 0 Å². The molecular formula is C43H64N2S3. The molecule has 0 radical (unpaired) electrons. The Morgan fingerprint density at radius 1 is 0.604 bits per heavy atom. The van der Waals surface area contributed by atoms with Gasteiger partial charge in [0.05, 0.1) is 11.7 Å². The normalized spacial score (nSPS) is 16.8. The molecule has 1 aliphatic carbocycles. The van der Waals surface area contributed by atoms with E-state index in [1.54, 1.807) is 20.9 Å². The molecular weight excluding hydrogens is 641 g/mol. The summed E-state index contributed by atoms with van der Waals surface area (Å²) in [5.41, 5.74) is 6.88. The first-order chi connectivity index (χ1) is 23.6. The fourth-order valence-corrected chi connectivity index (χ4v) is 11.7. The minimum Gasteiger partial charge on any atom is -0.173 e. The second-order valence-corrected chi connectivity index (χ2v) is 17.6. The first-order valence-corrected chi connectivity index (χ1v) is 22.5. The number of aromatic nitrogens is 2. The fourth-order valence-electron chi connectivity index (χ4n) is 8.70. The number of benzene rings is 1. The largest absolute Gasteiger partial charge is 0.173 e. The summed E-state index contributed by atoms with van der Waals surface area (Å²) in [6, 6.07) is 11.8. The number of nitrogens with zero attached hydrogens (tertiary/aromatic N) is 2. The van der Waals surface area contributed by atoms with E-state index in [9.17, 15) is 0 Å². The molecule has 0 saturated carbocycles. The smallest absolute Gasteiger partial charge is 0.113 e. The summed E-state index contributed by atoms with van der Waals surface area (Å²) in [7, 11) is 0. The third-order valence-electron chi connectivity index (χ3n) is 11.3. The summed E-state index contributed by atoms with van der Waals surface area (Å²) < 4.78 is 9.38. The quantitative estimate of drug-likeness (QED) is 0.0642. The van der Waals surface area contributed by atoms with Crippen LogP contribution in [0.1, 0.15) is 180 Å². The van der Waals surface area contributed by atoms with Gasteiger partial charge in [-0.15, -0.1) is 22.7 Å². The van der Waals surface area contributed by atoms with Crippen LogP contribution in [0.3, 0.4) is 0 Å². The van der Waals surface area contributed by atoms with Crippen LogP contribution in [0.25, 0.3) is 31.2 Å². The average molecular weight is 705 g/mol. The number of hydrogen-bond acceptors (Lipinski definition) is 5. The van der Waals surface area contributed by atoms with Crippen molar-refractivity contribution in [1.82, 2.24) is 8.75 Å². The minimum absolute atomic E-state index is 0.133. The maximum atomic E-state index is 4.78. The molecule has 3 heterocycles. The van der Waals surface area contributed by atoms with Crippen LogP contribution in [0.15, 0.2) is 35.7 Å². The third-order valence-corrected chi connectivity index (χ3v) is 14.1. The Balaban J connectivity index is 1.53. The minimum atomic E-state index is 0.133. The van der Waals surface area contributed by atoms with Gasteiger partial charge in [-0.2, -0.15) is 8.75 Å². The summed E-state index contributed by atoms with van der Waals surface area (Å²) in [5, 5.41) is 2.42. The van der Waals surface area contributed by atoms with Crippen LogP contribution in [-0.4, -0.2) is 8.75 Å². The molecule has 0 amide bonds. The molecule has 1 aliphatic rings. The highest BCUT2D eigenvalue weighted by Gasteiger charge is 2.47. The van der Waals surface area contributed by atoms with Crippen LogP contribution in [-0.2, 0) is 5.41 Å². The molecule has 2 nitrogen and oxygen atoms in total. The van der Waals surface area contributed by atoms with Crippen LogP contribution in [0.2, 0.25) is 0 Å². The van der Waals surface area contributed by atoms with E-state index in [0.29, 0.717) is 0 Å². The van der Waals surface area contributed by atoms with E-state index in [1.165, 1.54) is 163 Å². The van der Waals surface area contributed by atoms with E-state index in [4.69, 9.17) is 4.37 Å². The maximum absolute atomic E-state index is 4.78. The highest BCUT2D eigenvalue weighted by atomic mass is 32.1. The number of hydrogen-bond donors (Lipinski definition) is 0. The Morgan fingerprint density at radius 3 is 1.77 bits per heavy atom. The Bertz CT molecular complexity index is 1450. The number of fused-ring (bicyclic) bond motifs is 4. The van der Waals surface area contributed by atoms with Gasteiger partial charge in [0.25, 0.3) is 0 Å². The van der Waals surface area contributed by atoms with Crippen molar-refractivity contribution in [2.45, 2.75) is 174 Å². The van der Waals surface area contributed by atoms with Gasteiger partial charge in [-0.3, -0.25) is 0 Å². The van der Waals surface area contributed by atoms with E-state index in [1.807, 2.05) is 22.7 Å². The lowest BCUT2D eigenvalue weighted by Crippen LogP contribution is -2.31. The number of rotatable bonds is 25. The lowest BCUT2D eigenvalue weighted by molar-refractivity contribution is 0.251. The molecule has 5 rings (SSSR count). The monoisotopic (exact) mass is 704 g/mol. The molecule has 264 valence electrons. The molecule has 5 heteroatoms. The zero-order valence-electron chi connectivity index (χ0n) is 30.8. The summed E-state index contributed by atoms with van der Waals surface area (Å²) in [4.78, 5) is 4.54. The van der Waals surface area contributed by atoms with Crippen molar-refractivity contribution in [3.63, 3.8) is 0 Å². The van der Waals surface area contributed by atoms with Crippen molar-refractivity contribution >= 4 is 45.4 Å². The summed E-state index contributed by atoms with van der Waals surface area (Å²) in [5.74, 6) is 1.60. The van der Waals surface area contributed by atoms with Crippen molar-refractivity contribution in [1.29, 1.82) is 0 Å². The van der Waals surface area contributed by atoms with Gasteiger partial charge in [0, 0.05) is 25.6 Å². The van der Waals surface area contributed by atoms with Gasteiger partial charge in [-0.25, -0.2) is 0 Å². The molecule has 0 spiro atoms. The second-order valence-electron chi connectivity index (χ2n) is 15.1. The molecule has 2 atom stereocenters. The van der Waals surface area contributed by atoms with Crippen LogP contribution in [0.5, 0.6) is 0 Å². The Labute approximate surface area is 305 Å². The summed E-state index contributed by atoms with van der Waals surface area (Å²) >= 11 is 5.40. The van der Waals surface area contributed by atoms with Gasteiger partial charge < -0.3 is 0 Å². The van der Waals surface area contributed by atoms with E-state index in [2.05, 4.69) is 67.8 Å². The molecule has 0 aliphatic heterocycles. The zero-order valence-corrected chi connectivity index (χ0v) is 33.2. The lowest BCUT2D eigenvalue weighted by Gasteiger charge is -2.38. The van der Waals surface area contributed by atoms with Gasteiger partial charge in [0.15, 0.2) is 0 Å². The number of unbranched alkanes of at least 4 members (excludes halogenated alkanes) is 12. The first kappa shape index (κ1) is 37.7. The van der Waals surface area contributed by atoms with Crippen LogP contribution >= 0.6 is 34.4 Å². The fraction of sp³-hybridized carbons (Fsp3) is 0.674. The topological polar surface area (TPSA) is 25.8 Å². The maximum Gasteiger partial charge on any atom is 0.113 e. The zero-order chi connectivity index (χ0) is 33.6. The van der Waals surface area contributed by atoms with Crippen LogP contribution < -0.4 is 0 Å². The average Bonchev–Trinajstić information content (AvgIpc) is 3.89. The molecule has 48 heavy (non-hydrogen) atoms. The van der Waals surface area contributed by atoms with Gasteiger partial charge in [-0.05, 0) is 59.4 Å². The van der Waals surface area contributed by atoms with E-state index in [-0.39, 0.29) is 5.41 Å². The van der Waals surface area contributed by atoms with Crippen molar-refractivity contribution in [2.24, 2.45) is 11.8 Å². The van der Waals surface area contributed by atoms with Crippen molar-refractivity contribution < 1.29 is 0 Å². The van der Waals surface area contributed by atoms with Crippen molar-refractivity contribution in [3.05, 3.63) is 46.8 Å². The van der Waals surface area contributed by atoms with Crippen molar-refractivity contribution in [2.75, 3.05) is 0 Å². The Kier molecular flexibility index (Phi) is 15.5. The lowest BCUT2D eigenvalue weighted by atomic mass is 9.65. The molecule has 0 saturated heterocycles. The second kappa shape index (κ2) is 19.7. The van der Waals surface area contributed by atoms with Gasteiger partial charge in [0.1, 0.15) is 11.0 Å². The van der Waals surface area contributed by atoms with Crippen LogP contribution in [0.4, 0.5) is 0 Å². The molecule has 0 N–H and O–H groups in total. The molecule has 0 fully saturated rings. The Morgan fingerprint density at radius 2 is 1.17 bits per heavy atom. The molecule has 3 aromatic heterocycles. The molecule has 2 unspecified atom stereocenters. The van der Waals surface area contributed by atoms with Gasteiger partial charge >= 0.3 is 0 Å². The first-order valence-electron chi connectivity index (χ1n) is 20.1. The number of thiophene rings is 2. The predicted molar refractivity (Wildman–Crippen MR) is 216 cm³/mol. The molecule has 4 aromatic rings. The van der Waals surface area contributed by atoms with E-state index in [0.717, 1.165) is 22.9 Å². The van der Waals surface area contributed by atoms with E-state index < -0.39 is 0 Å². The predicted octanol–water partition coefficient (Wildman–Crippen LogP) is 15.6. The standard InChI is InChI=1S/C43H64N2S3/c1-5-9-13-15-19-24-33(22-17-11-7-3)31-43(32-34(23-18-12-8-4)25-20-16-14-10-6-2)36-28-29-46-41(36)42-37(43)30-39(47-42)35-26-21-27-38-40(35)45-48-44-38/h21,26-30,33-34H,5-20,22-25,31-32H2,1-4H3. The summed E-state index contributed by atoms with van der Waals surface area (Å²) in [6.07, 6.45) is 30.3.